The molecule has 3 nitrogen and oxygen atoms in total. The molecule has 1 heterocycles. The highest BCUT2D eigenvalue weighted by Gasteiger charge is 2.05. The lowest BCUT2D eigenvalue weighted by Crippen LogP contribution is -2.32. The number of hydrogen-bond acceptors (Lipinski definition) is 3. The van der Waals surface area contributed by atoms with Gasteiger partial charge in [0.05, 0.1) is 10.5 Å². The smallest absolute Gasteiger partial charge is 0.0870 e. The molecule has 0 amide bonds. The first kappa shape index (κ1) is 12.9. The van der Waals surface area contributed by atoms with Crippen molar-refractivity contribution in [3.8, 4) is 0 Å². The van der Waals surface area contributed by atoms with Crippen LogP contribution in [0, 0.1) is 0 Å². The zero-order valence-electron chi connectivity index (χ0n) is 10.5. The Kier molecular flexibility index (Phi) is 4.23. The largest absolute Gasteiger partial charge is 0.392 e. The Morgan fingerprint density at radius 2 is 2.22 bits per heavy atom. The van der Waals surface area contributed by atoms with Crippen LogP contribution < -0.4 is 5.73 Å². The summed E-state index contributed by atoms with van der Waals surface area (Å²) in [5.41, 5.74) is 7.88. The van der Waals surface area contributed by atoms with Crippen molar-refractivity contribution in [1.29, 1.82) is 0 Å². The van der Waals surface area contributed by atoms with Crippen LogP contribution in [0.25, 0.3) is 10.9 Å². The van der Waals surface area contributed by atoms with Gasteiger partial charge in [0.2, 0.25) is 0 Å². The molecule has 0 aliphatic rings. The van der Waals surface area contributed by atoms with Crippen molar-refractivity contribution in [2.75, 3.05) is 13.1 Å². The van der Waals surface area contributed by atoms with E-state index in [2.05, 4.69) is 41.1 Å². The Bertz CT molecular complexity index is 553. The summed E-state index contributed by atoms with van der Waals surface area (Å²) in [7, 11) is 0. The number of likely N-dealkylation sites (N-methyl/N-ethyl adjacent to an activating group) is 1. The van der Waals surface area contributed by atoms with Gasteiger partial charge in [-0.25, -0.2) is 0 Å². The minimum Gasteiger partial charge on any atom is -0.392 e. The van der Waals surface area contributed by atoms with E-state index in [1.165, 1.54) is 10.9 Å². The fourth-order valence-corrected chi connectivity index (χ4v) is 2.16. The lowest BCUT2D eigenvalue weighted by atomic mass is 10.1. The summed E-state index contributed by atoms with van der Waals surface area (Å²) in [6, 6.07) is 10.4. The fourth-order valence-electron chi connectivity index (χ4n) is 1.98. The second-order valence-corrected chi connectivity index (χ2v) is 4.82. The SMILES string of the molecule is CCN(CC(N)=S)Cc1ccc2ncccc2c1. The van der Waals surface area contributed by atoms with E-state index in [4.69, 9.17) is 18.0 Å². The van der Waals surface area contributed by atoms with Crippen molar-refractivity contribution in [2.24, 2.45) is 5.73 Å². The predicted molar refractivity (Wildman–Crippen MR) is 79.5 cm³/mol. The Labute approximate surface area is 113 Å². The van der Waals surface area contributed by atoms with Crippen LogP contribution in [0.4, 0.5) is 0 Å². The second-order valence-electron chi connectivity index (χ2n) is 4.30. The van der Waals surface area contributed by atoms with E-state index in [-0.39, 0.29) is 0 Å². The molecule has 0 saturated carbocycles. The summed E-state index contributed by atoms with van der Waals surface area (Å²) in [6.45, 7) is 4.57. The van der Waals surface area contributed by atoms with E-state index in [0.29, 0.717) is 11.5 Å². The quantitative estimate of drug-likeness (QED) is 0.837. The number of hydrogen-bond donors (Lipinski definition) is 1. The van der Waals surface area contributed by atoms with Crippen molar-refractivity contribution in [3.63, 3.8) is 0 Å². The zero-order valence-corrected chi connectivity index (χ0v) is 11.3. The van der Waals surface area contributed by atoms with Crippen molar-refractivity contribution in [2.45, 2.75) is 13.5 Å². The van der Waals surface area contributed by atoms with Gasteiger partial charge >= 0.3 is 0 Å². The van der Waals surface area contributed by atoms with Crippen LogP contribution in [0.5, 0.6) is 0 Å². The highest BCUT2D eigenvalue weighted by atomic mass is 32.1. The Morgan fingerprint density at radius 3 is 2.94 bits per heavy atom. The third kappa shape index (κ3) is 3.24. The first-order chi connectivity index (χ1) is 8.69. The number of nitrogens with two attached hydrogens (primary N) is 1. The molecule has 0 aliphatic heterocycles. The van der Waals surface area contributed by atoms with E-state index in [9.17, 15) is 0 Å². The average molecular weight is 259 g/mol. The highest BCUT2D eigenvalue weighted by Crippen LogP contribution is 2.14. The van der Waals surface area contributed by atoms with Gasteiger partial charge in [-0.15, -0.1) is 0 Å². The van der Waals surface area contributed by atoms with Crippen molar-refractivity contribution in [3.05, 3.63) is 42.1 Å². The van der Waals surface area contributed by atoms with Gasteiger partial charge < -0.3 is 5.73 Å². The molecule has 0 spiro atoms. The van der Waals surface area contributed by atoms with Crippen molar-refractivity contribution >= 4 is 28.1 Å². The normalized spacial score (nSPS) is 11.0. The van der Waals surface area contributed by atoms with E-state index >= 15 is 0 Å². The summed E-state index contributed by atoms with van der Waals surface area (Å²) in [6.07, 6.45) is 1.81. The number of pyridine rings is 1. The third-order valence-corrected chi connectivity index (χ3v) is 3.03. The van der Waals surface area contributed by atoms with E-state index in [1.54, 1.807) is 0 Å². The van der Waals surface area contributed by atoms with Gasteiger partial charge in [-0.2, -0.15) is 0 Å². The van der Waals surface area contributed by atoms with Crippen LogP contribution in [0.15, 0.2) is 36.5 Å². The number of thiocarbonyl (C=S) groups is 1. The molecule has 18 heavy (non-hydrogen) atoms. The van der Waals surface area contributed by atoms with Gasteiger partial charge in [-0.3, -0.25) is 9.88 Å². The van der Waals surface area contributed by atoms with E-state index in [0.717, 1.165) is 18.6 Å². The molecule has 0 saturated heterocycles. The lowest BCUT2D eigenvalue weighted by Gasteiger charge is -2.19. The molecule has 94 valence electrons. The van der Waals surface area contributed by atoms with E-state index < -0.39 is 0 Å². The molecule has 0 unspecified atom stereocenters. The van der Waals surface area contributed by atoms with Gasteiger partial charge in [0.15, 0.2) is 0 Å². The van der Waals surface area contributed by atoms with Gasteiger partial charge in [0, 0.05) is 24.7 Å². The summed E-state index contributed by atoms with van der Waals surface area (Å²) < 4.78 is 0. The first-order valence-corrected chi connectivity index (χ1v) is 6.44. The average Bonchev–Trinajstić information content (AvgIpc) is 2.37. The number of aromatic nitrogens is 1. The lowest BCUT2D eigenvalue weighted by molar-refractivity contribution is 0.321. The molecule has 2 rings (SSSR count). The maximum atomic E-state index is 5.59. The topological polar surface area (TPSA) is 42.1 Å². The zero-order chi connectivity index (χ0) is 13.0. The molecule has 0 aliphatic carbocycles. The van der Waals surface area contributed by atoms with Crippen molar-refractivity contribution in [1.82, 2.24) is 9.88 Å². The Morgan fingerprint density at radius 1 is 1.39 bits per heavy atom. The van der Waals surface area contributed by atoms with Crippen LogP contribution in [0.2, 0.25) is 0 Å². The van der Waals surface area contributed by atoms with Gasteiger partial charge in [-0.05, 0) is 30.3 Å². The molecule has 1 aromatic carbocycles. The van der Waals surface area contributed by atoms with Crippen LogP contribution >= 0.6 is 12.2 Å². The van der Waals surface area contributed by atoms with Crippen LogP contribution in [0.3, 0.4) is 0 Å². The molecule has 4 heteroatoms. The minimum atomic E-state index is 0.541. The maximum Gasteiger partial charge on any atom is 0.0870 e. The number of fused-ring (bicyclic) bond motifs is 1. The van der Waals surface area contributed by atoms with Gasteiger partial charge in [0.25, 0.3) is 0 Å². The summed E-state index contributed by atoms with van der Waals surface area (Å²) in [5.74, 6) is 0. The predicted octanol–water partition coefficient (Wildman–Crippen LogP) is 2.34. The van der Waals surface area contributed by atoms with Gasteiger partial charge in [0.1, 0.15) is 0 Å². The molecule has 0 bridgehead atoms. The van der Waals surface area contributed by atoms with Gasteiger partial charge in [-0.1, -0.05) is 31.3 Å². The molecule has 0 atom stereocenters. The Balaban J connectivity index is 2.17. The Hall–Kier alpha value is -1.52. The summed E-state index contributed by atoms with van der Waals surface area (Å²) in [4.78, 5) is 7.08. The number of nitrogens with zero attached hydrogens (tertiary/aromatic N) is 2. The molecular formula is C14H17N3S. The maximum absolute atomic E-state index is 5.59. The van der Waals surface area contributed by atoms with E-state index in [1.807, 2.05) is 12.3 Å². The standard InChI is InChI=1S/C14H17N3S/c1-2-17(10-14(15)18)9-11-5-6-13-12(8-11)4-3-7-16-13/h3-8H,2,9-10H2,1H3,(H2,15,18). The molecule has 0 fully saturated rings. The minimum absolute atomic E-state index is 0.541. The fraction of sp³-hybridized carbons (Fsp3) is 0.286. The molecule has 2 N–H and O–H groups in total. The third-order valence-electron chi connectivity index (χ3n) is 2.90. The molecular weight excluding hydrogens is 242 g/mol. The highest BCUT2D eigenvalue weighted by molar-refractivity contribution is 7.80. The monoisotopic (exact) mass is 259 g/mol. The summed E-state index contributed by atoms with van der Waals surface area (Å²) in [5, 5.41) is 1.17. The number of benzene rings is 1. The number of rotatable bonds is 5. The summed E-state index contributed by atoms with van der Waals surface area (Å²) >= 11 is 4.96. The molecule has 0 radical (unpaired) electrons. The van der Waals surface area contributed by atoms with Crippen LogP contribution in [0.1, 0.15) is 12.5 Å². The first-order valence-electron chi connectivity index (χ1n) is 6.03. The van der Waals surface area contributed by atoms with Crippen molar-refractivity contribution < 1.29 is 0 Å². The second kappa shape index (κ2) is 5.89. The molecule has 1 aromatic heterocycles. The van der Waals surface area contributed by atoms with Crippen LogP contribution in [-0.4, -0.2) is 28.0 Å². The van der Waals surface area contributed by atoms with Crippen LogP contribution in [-0.2, 0) is 6.54 Å². The molecule has 2 aromatic rings.